The maximum Gasteiger partial charge on any atom is 0.302 e. The van der Waals surface area contributed by atoms with E-state index in [1.165, 1.54) is 51.9 Å². The first-order valence-corrected chi connectivity index (χ1v) is 6.84. The van der Waals surface area contributed by atoms with Gasteiger partial charge in [-0.2, -0.15) is 0 Å². The second-order valence-electron chi connectivity index (χ2n) is 4.61. The quantitative estimate of drug-likeness (QED) is 0.411. The van der Waals surface area contributed by atoms with Crippen LogP contribution in [-0.4, -0.2) is 12.6 Å². The second kappa shape index (κ2) is 11.0. The minimum absolute atomic E-state index is 0.155. The summed E-state index contributed by atoms with van der Waals surface area (Å²) in [6.07, 6.45) is 10.3. The Kier molecular flexibility index (Phi) is 10.6. The zero-order chi connectivity index (χ0) is 12.2. The van der Waals surface area contributed by atoms with Crippen molar-refractivity contribution in [1.29, 1.82) is 0 Å². The van der Waals surface area contributed by atoms with Crippen LogP contribution >= 0.6 is 0 Å². The van der Waals surface area contributed by atoms with Gasteiger partial charge in [0.1, 0.15) is 0 Å². The van der Waals surface area contributed by atoms with Gasteiger partial charge in [0.25, 0.3) is 0 Å². The third kappa shape index (κ3) is 10.0. The molecule has 0 spiro atoms. The van der Waals surface area contributed by atoms with Gasteiger partial charge in [-0.05, 0) is 12.3 Å². The first-order chi connectivity index (χ1) is 7.70. The Bertz CT molecular complexity index is 166. The lowest BCUT2D eigenvalue weighted by molar-refractivity contribution is -0.141. The Labute approximate surface area is 101 Å². The van der Waals surface area contributed by atoms with Gasteiger partial charge in [-0.1, -0.05) is 58.8 Å². The van der Waals surface area contributed by atoms with E-state index in [1.807, 2.05) is 0 Å². The molecule has 0 aliphatic carbocycles. The molecule has 0 heterocycles. The highest BCUT2D eigenvalue weighted by Gasteiger charge is 2.06. The fourth-order valence-electron chi connectivity index (χ4n) is 1.96. The van der Waals surface area contributed by atoms with Gasteiger partial charge in [0.2, 0.25) is 0 Å². The summed E-state index contributed by atoms with van der Waals surface area (Å²) >= 11 is 0. The van der Waals surface area contributed by atoms with Crippen LogP contribution in [-0.2, 0) is 9.53 Å². The van der Waals surface area contributed by atoms with Crippen molar-refractivity contribution in [2.75, 3.05) is 6.61 Å². The van der Waals surface area contributed by atoms with Crippen LogP contribution in [0.25, 0.3) is 0 Å². The van der Waals surface area contributed by atoms with E-state index in [1.54, 1.807) is 0 Å². The summed E-state index contributed by atoms with van der Waals surface area (Å²) in [5, 5.41) is 0. The first-order valence-electron chi connectivity index (χ1n) is 6.84. The van der Waals surface area contributed by atoms with E-state index in [-0.39, 0.29) is 5.97 Å². The summed E-state index contributed by atoms with van der Waals surface area (Å²) in [6.45, 7) is 6.55. The fourth-order valence-corrected chi connectivity index (χ4v) is 1.96. The number of unbranched alkanes of at least 4 members (excludes halogenated alkanes) is 4. The fraction of sp³-hybridized carbons (Fsp3) is 0.929. The van der Waals surface area contributed by atoms with Crippen molar-refractivity contribution in [1.82, 2.24) is 0 Å². The number of carbonyl (C=O) groups is 1. The largest absolute Gasteiger partial charge is 0.466 e. The van der Waals surface area contributed by atoms with Gasteiger partial charge >= 0.3 is 5.97 Å². The van der Waals surface area contributed by atoms with Gasteiger partial charge in [0.05, 0.1) is 6.61 Å². The predicted molar refractivity (Wildman–Crippen MR) is 68.4 cm³/mol. The molecule has 0 N–H and O–H groups in total. The summed E-state index contributed by atoms with van der Waals surface area (Å²) in [5.74, 6) is 0.582. The summed E-state index contributed by atoms with van der Waals surface area (Å²) in [7, 11) is 0. The van der Waals surface area contributed by atoms with Crippen LogP contribution in [0.4, 0.5) is 0 Å². The monoisotopic (exact) mass is 228 g/mol. The number of rotatable bonds is 10. The van der Waals surface area contributed by atoms with E-state index in [0.717, 1.165) is 12.3 Å². The highest BCUT2D eigenvalue weighted by Crippen LogP contribution is 2.18. The Morgan fingerprint density at radius 1 is 1.06 bits per heavy atom. The highest BCUT2D eigenvalue weighted by atomic mass is 16.5. The van der Waals surface area contributed by atoms with Crippen molar-refractivity contribution in [2.45, 2.75) is 72.1 Å². The molecule has 0 radical (unpaired) electrons. The van der Waals surface area contributed by atoms with Crippen LogP contribution in [0.2, 0.25) is 0 Å². The zero-order valence-electron chi connectivity index (χ0n) is 11.3. The third-order valence-electron chi connectivity index (χ3n) is 3.12. The van der Waals surface area contributed by atoms with Crippen molar-refractivity contribution >= 4 is 5.97 Å². The lowest BCUT2D eigenvalue weighted by atomic mass is 9.95. The van der Waals surface area contributed by atoms with Gasteiger partial charge in [-0.25, -0.2) is 0 Å². The third-order valence-corrected chi connectivity index (χ3v) is 3.12. The van der Waals surface area contributed by atoms with Crippen LogP contribution in [0.1, 0.15) is 72.1 Å². The minimum atomic E-state index is -0.155. The molecule has 0 aliphatic rings. The normalized spacial score (nSPS) is 12.4. The number of hydrogen-bond donors (Lipinski definition) is 0. The maximum atomic E-state index is 10.6. The molecule has 2 nitrogen and oxygen atoms in total. The van der Waals surface area contributed by atoms with Gasteiger partial charge in [-0.3, -0.25) is 4.79 Å². The van der Waals surface area contributed by atoms with E-state index < -0.39 is 0 Å². The Morgan fingerprint density at radius 3 is 2.31 bits per heavy atom. The van der Waals surface area contributed by atoms with Crippen LogP contribution in [0.5, 0.6) is 0 Å². The smallest absolute Gasteiger partial charge is 0.302 e. The van der Waals surface area contributed by atoms with Crippen LogP contribution in [0.3, 0.4) is 0 Å². The Morgan fingerprint density at radius 2 is 1.75 bits per heavy atom. The molecule has 0 bridgehead atoms. The molecule has 0 aromatic heterocycles. The average molecular weight is 228 g/mol. The number of hydrogen-bond acceptors (Lipinski definition) is 2. The van der Waals surface area contributed by atoms with E-state index in [0.29, 0.717) is 6.61 Å². The molecule has 0 saturated heterocycles. The lowest BCUT2D eigenvalue weighted by Gasteiger charge is -2.14. The highest BCUT2D eigenvalue weighted by molar-refractivity contribution is 5.65. The van der Waals surface area contributed by atoms with Crippen LogP contribution in [0, 0.1) is 5.92 Å². The van der Waals surface area contributed by atoms with Crippen LogP contribution in [0.15, 0.2) is 0 Å². The molecular formula is C14H28O2. The topological polar surface area (TPSA) is 26.3 Å². The molecule has 16 heavy (non-hydrogen) atoms. The number of ether oxygens (including phenoxy) is 1. The van der Waals surface area contributed by atoms with Gasteiger partial charge < -0.3 is 4.74 Å². The predicted octanol–water partition coefficient (Wildman–Crippen LogP) is 4.33. The summed E-state index contributed by atoms with van der Waals surface area (Å²) < 4.78 is 4.98. The standard InChI is InChI=1S/C14H28O2/c1-4-6-7-8-9-10-14(5-2)11-12-16-13(3)15/h14H,4-12H2,1-3H3. The molecular weight excluding hydrogens is 200 g/mol. The SMILES string of the molecule is CCCCCCCC(CC)CCOC(C)=O. The van der Waals surface area contributed by atoms with Gasteiger partial charge in [0, 0.05) is 6.92 Å². The van der Waals surface area contributed by atoms with Gasteiger partial charge in [0.15, 0.2) is 0 Å². The molecule has 0 aliphatic heterocycles. The summed E-state index contributed by atoms with van der Waals surface area (Å²) in [4.78, 5) is 10.6. The minimum Gasteiger partial charge on any atom is -0.466 e. The Balaban J connectivity index is 3.40. The van der Waals surface area contributed by atoms with E-state index in [9.17, 15) is 4.79 Å². The van der Waals surface area contributed by atoms with Crippen molar-refractivity contribution in [3.8, 4) is 0 Å². The molecule has 1 atom stereocenters. The number of carbonyl (C=O) groups excluding carboxylic acids is 1. The van der Waals surface area contributed by atoms with Crippen LogP contribution < -0.4 is 0 Å². The first kappa shape index (κ1) is 15.5. The molecule has 96 valence electrons. The molecule has 0 aromatic rings. The molecule has 0 amide bonds. The van der Waals surface area contributed by atoms with E-state index in [4.69, 9.17) is 4.74 Å². The number of esters is 1. The van der Waals surface area contributed by atoms with Crippen molar-refractivity contribution in [3.63, 3.8) is 0 Å². The van der Waals surface area contributed by atoms with E-state index >= 15 is 0 Å². The van der Waals surface area contributed by atoms with Crippen molar-refractivity contribution in [3.05, 3.63) is 0 Å². The zero-order valence-corrected chi connectivity index (χ0v) is 11.3. The Hall–Kier alpha value is -0.530. The molecule has 1 unspecified atom stereocenters. The van der Waals surface area contributed by atoms with Crippen molar-refractivity contribution < 1.29 is 9.53 Å². The molecule has 0 fully saturated rings. The second-order valence-corrected chi connectivity index (χ2v) is 4.61. The molecule has 0 aromatic carbocycles. The summed E-state index contributed by atoms with van der Waals surface area (Å²) in [5.41, 5.74) is 0. The molecule has 2 heteroatoms. The lowest BCUT2D eigenvalue weighted by Crippen LogP contribution is -2.07. The van der Waals surface area contributed by atoms with E-state index in [2.05, 4.69) is 13.8 Å². The van der Waals surface area contributed by atoms with Gasteiger partial charge in [-0.15, -0.1) is 0 Å². The molecule has 0 saturated carbocycles. The maximum absolute atomic E-state index is 10.6. The average Bonchev–Trinajstić information content (AvgIpc) is 2.26. The summed E-state index contributed by atoms with van der Waals surface area (Å²) in [6, 6.07) is 0. The molecule has 0 rings (SSSR count). The van der Waals surface area contributed by atoms with Crippen molar-refractivity contribution in [2.24, 2.45) is 5.92 Å².